The SMILES string of the molecule is C=C(CC(CC)CCCC)C(C)=O. The monoisotopic (exact) mass is 182 g/mol. The van der Waals surface area contributed by atoms with Gasteiger partial charge in [0.25, 0.3) is 0 Å². The summed E-state index contributed by atoms with van der Waals surface area (Å²) >= 11 is 0. The van der Waals surface area contributed by atoms with Crippen LogP contribution in [0.1, 0.15) is 52.9 Å². The molecule has 13 heavy (non-hydrogen) atoms. The molecule has 0 fully saturated rings. The lowest BCUT2D eigenvalue weighted by Crippen LogP contribution is -2.04. The topological polar surface area (TPSA) is 17.1 Å². The van der Waals surface area contributed by atoms with Crippen LogP contribution in [0.25, 0.3) is 0 Å². The zero-order valence-electron chi connectivity index (χ0n) is 9.23. The molecule has 0 N–H and O–H groups in total. The molecule has 0 radical (unpaired) electrons. The van der Waals surface area contributed by atoms with Crippen LogP contribution >= 0.6 is 0 Å². The number of carbonyl (C=O) groups is 1. The third-order valence-corrected chi connectivity index (χ3v) is 2.58. The predicted molar refractivity (Wildman–Crippen MR) is 57.7 cm³/mol. The molecular weight excluding hydrogens is 160 g/mol. The first-order valence-corrected chi connectivity index (χ1v) is 5.30. The Kier molecular flexibility index (Phi) is 6.56. The molecule has 0 saturated carbocycles. The maximum atomic E-state index is 11.0. The molecule has 1 atom stereocenters. The number of hydrogen-bond acceptors (Lipinski definition) is 1. The van der Waals surface area contributed by atoms with Crippen molar-refractivity contribution in [3.8, 4) is 0 Å². The Labute approximate surface area is 82.2 Å². The van der Waals surface area contributed by atoms with Gasteiger partial charge in [0.1, 0.15) is 0 Å². The number of rotatable bonds is 7. The van der Waals surface area contributed by atoms with Gasteiger partial charge in [-0.05, 0) is 24.8 Å². The van der Waals surface area contributed by atoms with Crippen LogP contribution in [0.15, 0.2) is 12.2 Å². The first-order valence-electron chi connectivity index (χ1n) is 5.30. The minimum atomic E-state index is 0.148. The van der Waals surface area contributed by atoms with Crippen LogP contribution in [0.2, 0.25) is 0 Å². The van der Waals surface area contributed by atoms with E-state index in [0.29, 0.717) is 5.92 Å². The van der Waals surface area contributed by atoms with Gasteiger partial charge in [-0.15, -0.1) is 0 Å². The highest BCUT2D eigenvalue weighted by Crippen LogP contribution is 2.20. The van der Waals surface area contributed by atoms with E-state index in [4.69, 9.17) is 0 Å². The van der Waals surface area contributed by atoms with Crippen LogP contribution < -0.4 is 0 Å². The van der Waals surface area contributed by atoms with Crippen LogP contribution in [-0.4, -0.2) is 5.78 Å². The quantitative estimate of drug-likeness (QED) is 0.548. The van der Waals surface area contributed by atoms with E-state index < -0.39 is 0 Å². The molecule has 0 bridgehead atoms. The van der Waals surface area contributed by atoms with E-state index in [0.717, 1.165) is 18.4 Å². The molecule has 0 saturated heterocycles. The fourth-order valence-electron chi connectivity index (χ4n) is 1.44. The predicted octanol–water partition coefficient (Wildman–Crippen LogP) is 3.74. The Balaban J connectivity index is 3.83. The fourth-order valence-corrected chi connectivity index (χ4v) is 1.44. The second-order valence-electron chi connectivity index (χ2n) is 3.78. The average molecular weight is 182 g/mol. The van der Waals surface area contributed by atoms with Gasteiger partial charge in [-0.2, -0.15) is 0 Å². The summed E-state index contributed by atoms with van der Waals surface area (Å²) < 4.78 is 0. The van der Waals surface area contributed by atoms with E-state index >= 15 is 0 Å². The Morgan fingerprint density at radius 2 is 2.00 bits per heavy atom. The molecule has 0 aromatic heterocycles. The minimum absolute atomic E-state index is 0.148. The molecule has 1 unspecified atom stereocenters. The number of allylic oxidation sites excluding steroid dienone is 1. The number of Topliss-reactive ketones (excluding diaryl/α,β-unsaturated/α-hetero) is 1. The van der Waals surface area contributed by atoms with Gasteiger partial charge in [0.2, 0.25) is 0 Å². The Hall–Kier alpha value is -0.590. The summed E-state index contributed by atoms with van der Waals surface area (Å²) in [5.41, 5.74) is 0.794. The average Bonchev–Trinajstić information content (AvgIpc) is 2.11. The van der Waals surface area contributed by atoms with Gasteiger partial charge in [-0.25, -0.2) is 0 Å². The first-order chi connectivity index (χ1) is 6.11. The van der Waals surface area contributed by atoms with Crippen molar-refractivity contribution < 1.29 is 4.79 Å². The molecule has 0 aliphatic heterocycles. The summed E-state index contributed by atoms with van der Waals surface area (Å²) in [7, 11) is 0. The molecule has 0 aliphatic rings. The highest BCUT2D eigenvalue weighted by molar-refractivity contribution is 5.92. The molecule has 0 aliphatic carbocycles. The van der Waals surface area contributed by atoms with Crippen molar-refractivity contribution in [2.24, 2.45) is 5.92 Å². The maximum absolute atomic E-state index is 11.0. The van der Waals surface area contributed by atoms with Crippen molar-refractivity contribution in [1.82, 2.24) is 0 Å². The van der Waals surface area contributed by atoms with Crippen LogP contribution in [0.3, 0.4) is 0 Å². The normalized spacial score (nSPS) is 12.5. The maximum Gasteiger partial charge on any atom is 0.155 e. The zero-order valence-corrected chi connectivity index (χ0v) is 9.23. The van der Waals surface area contributed by atoms with Crippen molar-refractivity contribution in [2.45, 2.75) is 52.9 Å². The highest BCUT2D eigenvalue weighted by atomic mass is 16.1. The number of hydrogen-bond donors (Lipinski definition) is 0. The van der Waals surface area contributed by atoms with Gasteiger partial charge in [0.05, 0.1) is 0 Å². The van der Waals surface area contributed by atoms with Gasteiger partial charge in [0.15, 0.2) is 5.78 Å². The molecule has 0 amide bonds. The summed E-state index contributed by atoms with van der Waals surface area (Å²) in [6, 6.07) is 0. The lowest BCUT2D eigenvalue weighted by molar-refractivity contribution is -0.113. The molecule has 0 spiro atoms. The van der Waals surface area contributed by atoms with Crippen molar-refractivity contribution in [3.63, 3.8) is 0 Å². The van der Waals surface area contributed by atoms with E-state index in [1.807, 2.05) is 0 Å². The Morgan fingerprint density at radius 3 is 2.38 bits per heavy atom. The van der Waals surface area contributed by atoms with Gasteiger partial charge in [0, 0.05) is 0 Å². The van der Waals surface area contributed by atoms with Crippen molar-refractivity contribution in [2.75, 3.05) is 0 Å². The van der Waals surface area contributed by atoms with Crippen LogP contribution in [-0.2, 0) is 4.79 Å². The molecule has 1 heteroatoms. The third-order valence-electron chi connectivity index (χ3n) is 2.58. The molecule has 0 heterocycles. The largest absolute Gasteiger partial charge is 0.295 e. The van der Waals surface area contributed by atoms with Gasteiger partial charge in [-0.3, -0.25) is 4.79 Å². The number of ketones is 1. The van der Waals surface area contributed by atoms with Crippen molar-refractivity contribution >= 4 is 5.78 Å². The van der Waals surface area contributed by atoms with Gasteiger partial charge < -0.3 is 0 Å². The molecular formula is C12H22O. The van der Waals surface area contributed by atoms with Gasteiger partial charge >= 0.3 is 0 Å². The summed E-state index contributed by atoms with van der Waals surface area (Å²) in [5, 5.41) is 0. The molecule has 0 rings (SSSR count). The lowest BCUT2D eigenvalue weighted by atomic mass is 9.91. The van der Waals surface area contributed by atoms with E-state index in [9.17, 15) is 4.79 Å². The van der Waals surface area contributed by atoms with E-state index in [1.165, 1.54) is 19.3 Å². The lowest BCUT2D eigenvalue weighted by Gasteiger charge is -2.14. The van der Waals surface area contributed by atoms with Crippen molar-refractivity contribution in [3.05, 3.63) is 12.2 Å². The first kappa shape index (κ1) is 12.4. The second kappa shape index (κ2) is 6.88. The smallest absolute Gasteiger partial charge is 0.155 e. The van der Waals surface area contributed by atoms with Gasteiger partial charge in [-0.1, -0.05) is 46.1 Å². The molecule has 1 nitrogen and oxygen atoms in total. The Morgan fingerprint density at radius 1 is 1.38 bits per heavy atom. The fraction of sp³-hybridized carbons (Fsp3) is 0.750. The molecule has 0 aromatic rings. The molecule has 0 aromatic carbocycles. The summed E-state index contributed by atoms with van der Waals surface area (Å²) in [4.78, 5) is 11.0. The van der Waals surface area contributed by atoms with Crippen LogP contribution in [0.4, 0.5) is 0 Å². The minimum Gasteiger partial charge on any atom is -0.295 e. The number of unbranched alkanes of at least 4 members (excludes halogenated alkanes) is 1. The zero-order chi connectivity index (χ0) is 10.3. The summed E-state index contributed by atoms with van der Waals surface area (Å²) in [6.45, 7) is 9.80. The molecule has 76 valence electrons. The van der Waals surface area contributed by atoms with Crippen LogP contribution in [0, 0.1) is 5.92 Å². The third kappa shape index (κ3) is 5.62. The van der Waals surface area contributed by atoms with Crippen molar-refractivity contribution in [1.29, 1.82) is 0 Å². The van der Waals surface area contributed by atoms with Crippen LogP contribution in [0.5, 0.6) is 0 Å². The van der Waals surface area contributed by atoms with E-state index in [-0.39, 0.29) is 5.78 Å². The number of carbonyl (C=O) groups excluding carboxylic acids is 1. The summed E-state index contributed by atoms with van der Waals surface area (Å²) in [6.07, 6.45) is 5.80. The standard InChI is InChI=1S/C12H22O/c1-5-7-8-12(6-2)9-10(3)11(4)13/h12H,3,5-9H2,1-2,4H3. The highest BCUT2D eigenvalue weighted by Gasteiger charge is 2.09. The Bertz CT molecular complexity index is 170. The van der Waals surface area contributed by atoms with E-state index in [1.54, 1.807) is 6.92 Å². The summed E-state index contributed by atoms with van der Waals surface area (Å²) in [5.74, 6) is 0.811. The second-order valence-corrected chi connectivity index (χ2v) is 3.78. The van der Waals surface area contributed by atoms with E-state index in [2.05, 4.69) is 20.4 Å².